The van der Waals surface area contributed by atoms with E-state index >= 15 is 0 Å². The maximum absolute atomic E-state index is 13.1. The van der Waals surface area contributed by atoms with E-state index in [2.05, 4.69) is 22.5 Å². The predicted octanol–water partition coefficient (Wildman–Crippen LogP) is 1.52. The summed E-state index contributed by atoms with van der Waals surface area (Å²) in [7, 11) is 0. The molecule has 1 spiro atoms. The number of likely N-dealkylation sites (tertiary alicyclic amines) is 1. The molecule has 27 heavy (non-hydrogen) atoms. The van der Waals surface area contributed by atoms with Gasteiger partial charge in [0, 0.05) is 26.2 Å². The molecule has 0 bridgehead atoms. The number of rotatable bonds is 3. The van der Waals surface area contributed by atoms with Gasteiger partial charge in [-0.3, -0.25) is 14.5 Å². The lowest BCUT2D eigenvalue weighted by Crippen LogP contribution is -2.61. The molecule has 4 rings (SSSR count). The number of nitrogens with zero attached hydrogens (tertiary/aromatic N) is 2. The van der Waals surface area contributed by atoms with Gasteiger partial charge in [-0.1, -0.05) is 19.1 Å². The first-order chi connectivity index (χ1) is 13.1. The number of benzene rings is 1. The first-order valence-corrected chi connectivity index (χ1v) is 9.92. The zero-order chi connectivity index (χ0) is 18.9. The van der Waals surface area contributed by atoms with E-state index in [-0.39, 0.29) is 17.9 Å². The largest absolute Gasteiger partial charge is 0.379 e. The van der Waals surface area contributed by atoms with Crippen molar-refractivity contribution in [3.8, 4) is 0 Å². The summed E-state index contributed by atoms with van der Waals surface area (Å²) >= 11 is 0. The van der Waals surface area contributed by atoms with Gasteiger partial charge in [0.15, 0.2) is 0 Å². The van der Waals surface area contributed by atoms with Gasteiger partial charge in [-0.05, 0) is 31.4 Å². The molecular weight excluding hydrogens is 344 g/mol. The first-order valence-electron chi connectivity index (χ1n) is 9.92. The molecule has 0 aromatic heterocycles. The van der Waals surface area contributed by atoms with Crippen LogP contribution in [0.3, 0.4) is 0 Å². The summed E-state index contributed by atoms with van der Waals surface area (Å²) in [6.07, 6.45) is 2.05. The molecule has 146 valence electrons. The fourth-order valence-electron chi connectivity index (χ4n) is 4.41. The zero-order valence-electron chi connectivity index (χ0n) is 15.9. The van der Waals surface area contributed by atoms with Crippen LogP contribution in [0.5, 0.6) is 0 Å². The Morgan fingerprint density at radius 1 is 1.15 bits per heavy atom. The maximum Gasteiger partial charge on any atom is 0.250 e. The number of nitrogens with one attached hydrogen (secondary N) is 2. The van der Waals surface area contributed by atoms with Crippen LogP contribution in [0.1, 0.15) is 26.2 Å². The van der Waals surface area contributed by atoms with Crippen molar-refractivity contribution in [1.29, 1.82) is 0 Å². The SMILES string of the molecule is CCC(C(=O)N1CCC2(CC1)Nc1ccccc1NC2=O)N1CCOCC1. The predicted molar refractivity (Wildman–Crippen MR) is 104 cm³/mol. The van der Waals surface area contributed by atoms with Crippen molar-refractivity contribution in [2.45, 2.75) is 37.8 Å². The van der Waals surface area contributed by atoms with E-state index < -0.39 is 5.54 Å². The third-order valence-corrected chi connectivity index (χ3v) is 6.07. The summed E-state index contributed by atoms with van der Waals surface area (Å²) in [5, 5.41) is 6.47. The first kappa shape index (κ1) is 18.3. The number of carbonyl (C=O) groups is 2. The summed E-state index contributed by atoms with van der Waals surface area (Å²) in [6, 6.07) is 7.68. The molecule has 7 nitrogen and oxygen atoms in total. The van der Waals surface area contributed by atoms with Gasteiger partial charge in [-0.25, -0.2) is 0 Å². The number of para-hydroxylation sites is 2. The summed E-state index contributed by atoms with van der Waals surface area (Å²) in [4.78, 5) is 30.0. The van der Waals surface area contributed by atoms with Crippen LogP contribution in [0, 0.1) is 0 Å². The second-order valence-corrected chi connectivity index (χ2v) is 7.60. The maximum atomic E-state index is 13.1. The highest BCUT2D eigenvalue weighted by Gasteiger charge is 2.45. The van der Waals surface area contributed by atoms with Crippen molar-refractivity contribution in [2.75, 3.05) is 50.0 Å². The van der Waals surface area contributed by atoms with Gasteiger partial charge in [-0.2, -0.15) is 0 Å². The zero-order valence-corrected chi connectivity index (χ0v) is 15.9. The lowest BCUT2D eigenvalue weighted by Gasteiger charge is -2.45. The number of fused-ring (bicyclic) bond motifs is 1. The van der Waals surface area contributed by atoms with Gasteiger partial charge >= 0.3 is 0 Å². The van der Waals surface area contributed by atoms with Crippen molar-refractivity contribution in [1.82, 2.24) is 9.80 Å². The van der Waals surface area contributed by atoms with Crippen LogP contribution in [0.2, 0.25) is 0 Å². The van der Waals surface area contributed by atoms with Crippen LogP contribution in [-0.4, -0.2) is 72.6 Å². The third-order valence-electron chi connectivity index (χ3n) is 6.07. The Bertz CT molecular complexity index is 709. The normalized spacial score (nSPS) is 23.3. The number of piperidine rings is 1. The number of hydrogen-bond acceptors (Lipinski definition) is 5. The van der Waals surface area contributed by atoms with E-state index in [9.17, 15) is 9.59 Å². The molecule has 1 atom stereocenters. The average molecular weight is 372 g/mol. The Balaban J connectivity index is 1.42. The standard InChI is InChI=1S/C20H28N4O3/c1-2-17(23-11-13-27-14-12-23)18(25)24-9-7-20(8-10-24)19(26)21-15-5-3-4-6-16(15)22-20/h3-6,17,22H,2,7-14H2,1H3,(H,21,26). The minimum absolute atomic E-state index is 0.00789. The fraction of sp³-hybridized carbons (Fsp3) is 0.600. The van der Waals surface area contributed by atoms with Crippen molar-refractivity contribution in [2.24, 2.45) is 0 Å². The van der Waals surface area contributed by atoms with Crippen LogP contribution in [0.4, 0.5) is 11.4 Å². The molecule has 2 N–H and O–H groups in total. The molecule has 3 aliphatic heterocycles. The molecule has 1 unspecified atom stereocenters. The number of anilines is 2. The quantitative estimate of drug-likeness (QED) is 0.842. The van der Waals surface area contributed by atoms with Gasteiger partial charge in [0.25, 0.3) is 0 Å². The monoisotopic (exact) mass is 372 g/mol. The number of morpholine rings is 1. The van der Waals surface area contributed by atoms with Crippen LogP contribution in [0.15, 0.2) is 24.3 Å². The molecule has 0 radical (unpaired) electrons. The van der Waals surface area contributed by atoms with Crippen LogP contribution in [0.25, 0.3) is 0 Å². The van der Waals surface area contributed by atoms with E-state index in [4.69, 9.17) is 4.74 Å². The highest BCUT2D eigenvalue weighted by atomic mass is 16.5. The van der Waals surface area contributed by atoms with Crippen molar-refractivity contribution < 1.29 is 14.3 Å². The van der Waals surface area contributed by atoms with Crippen LogP contribution < -0.4 is 10.6 Å². The molecule has 0 saturated carbocycles. The smallest absolute Gasteiger partial charge is 0.250 e. The Labute approximate surface area is 160 Å². The number of amides is 2. The Kier molecular flexibility index (Phi) is 5.06. The molecule has 2 amide bonds. The molecule has 2 saturated heterocycles. The number of carbonyl (C=O) groups excluding carboxylic acids is 2. The van der Waals surface area contributed by atoms with Gasteiger partial charge in [-0.15, -0.1) is 0 Å². The molecule has 7 heteroatoms. The van der Waals surface area contributed by atoms with E-state index in [0.29, 0.717) is 39.1 Å². The van der Waals surface area contributed by atoms with E-state index in [1.165, 1.54) is 0 Å². The Hall–Kier alpha value is -2.12. The molecule has 1 aromatic rings. The van der Waals surface area contributed by atoms with Gasteiger partial charge in [0.2, 0.25) is 11.8 Å². The molecule has 1 aromatic carbocycles. The third kappa shape index (κ3) is 3.41. The van der Waals surface area contributed by atoms with Gasteiger partial charge in [0.05, 0.1) is 30.6 Å². The van der Waals surface area contributed by atoms with E-state index in [1.807, 2.05) is 29.2 Å². The van der Waals surface area contributed by atoms with Gasteiger partial charge < -0.3 is 20.3 Å². The molecule has 2 fully saturated rings. The Morgan fingerprint density at radius 3 is 2.48 bits per heavy atom. The lowest BCUT2D eigenvalue weighted by molar-refractivity contribution is -0.141. The fourth-order valence-corrected chi connectivity index (χ4v) is 4.41. The second kappa shape index (κ2) is 7.48. The van der Waals surface area contributed by atoms with Crippen LogP contribution >= 0.6 is 0 Å². The topological polar surface area (TPSA) is 73.9 Å². The summed E-state index contributed by atoms with van der Waals surface area (Å²) in [5.41, 5.74) is 1.16. The average Bonchev–Trinajstić information content (AvgIpc) is 2.71. The summed E-state index contributed by atoms with van der Waals surface area (Å²) in [5.74, 6) is 0.194. The number of hydrogen-bond donors (Lipinski definition) is 2. The minimum Gasteiger partial charge on any atom is -0.379 e. The second-order valence-electron chi connectivity index (χ2n) is 7.60. The van der Waals surface area contributed by atoms with Crippen molar-refractivity contribution in [3.63, 3.8) is 0 Å². The molecule has 0 aliphatic carbocycles. The lowest BCUT2D eigenvalue weighted by atomic mass is 9.84. The van der Waals surface area contributed by atoms with Crippen molar-refractivity contribution >= 4 is 23.2 Å². The van der Waals surface area contributed by atoms with E-state index in [0.717, 1.165) is 30.9 Å². The highest BCUT2D eigenvalue weighted by molar-refractivity contribution is 6.06. The van der Waals surface area contributed by atoms with E-state index in [1.54, 1.807) is 0 Å². The summed E-state index contributed by atoms with van der Waals surface area (Å²) < 4.78 is 5.42. The highest BCUT2D eigenvalue weighted by Crippen LogP contribution is 2.36. The number of ether oxygens (including phenoxy) is 1. The minimum atomic E-state index is -0.619. The summed E-state index contributed by atoms with van der Waals surface area (Å²) in [6.45, 7) is 6.26. The molecule has 3 heterocycles. The molecule has 3 aliphatic rings. The molecular formula is C20H28N4O3. The van der Waals surface area contributed by atoms with Crippen LogP contribution in [-0.2, 0) is 14.3 Å². The Morgan fingerprint density at radius 2 is 1.81 bits per heavy atom. The van der Waals surface area contributed by atoms with Crippen molar-refractivity contribution in [3.05, 3.63) is 24.3 Å². The van der Waals surface area contributed by atoms with Gasteiger partial charge in [0.1, 0.15) is 5.54 Å².